The molecule has 0 aromatic heterocycles. The Labute approximate surface area is 132 Å². The van der Waals surface area contributed by atoms with Gasteiger partial charge in [0.2, 0.25) is 5.91 Å². The van der Waals surface area contributed by atoms with Crippen molar-refractivity contribution in [1.29, 1.82) is 0 Å². The molecule has 1 aliphatic carbocycles. The predicted molar refractivity (Wildman–Crippen MR) is 85.5 cm³/mol. The number of nitrogens with zero attached hydrogens (tertiary/aromatic N) is 1. The van der Waals surface area contributed by atoms with Gasteiger partial charge in [-0.05, 0) is 51.1 Å². The summed E-state index contributed by atoms with van der Waals surface area (Å²) in [5.74, 6) is 0.264. The van der Waals surface area contributed by atoms with Gasteiger partial charge in [0.1, 0.15) is 5.75 Å². The SMILES string of the molecule is COc1cccc(C2(O)CCC(C(N)=O)CC2CN(C)C)c1. The quantitative estimate of drug-likeness (QED) is 0.861. The van der Waals surface area contributed by atoms with Gasteiger partial charge in [0.25, 0.3) is 0 Å². The molecule has 1 aliphatic rings. The van der Waals surface area contributed by atoms with Gasteiger partial charge in [0.15, 0.2) is 0 Å². The van der Waals surface area contributed by atoms with Gasteiger partial charge in [-0.25, -0.2) is 0 Å². The van der Waals surface area contributed by atoms with Crippen molar-refractivity contribution in [2.45, 2.75) is 24.9 Å². The number of primary amides is 1. The van der Waals surface area contributed by atoms with Gasteiger partial charge >= 0.3 is 0 Å². The molecule has 5 heteroatoms. The number of carbonyl (C=O) groups is 1. The minimum absolute atomic E-state index is 0.0409. The van der Waals surface area contributed by atoms with Crippen molar-refractivity contribution in [2.24, 2.45) is 17.6 Å². The Morgan fingerprint density at radius 3 is 2.82 bits per heavy atom. The zero-order valence-corrected chi connectivity index (χ0v) is 13.6. The first-order chi connectivity index (χ1) is 10.4. The van der Waals surface area contributed by atoms with E-state index >= 15 is 0 Å². The molecule has 1 aromatic carbocycles. The molecule has 0 radical (unpaired) electrons. The number of carbonyl (C=O) groups excluding carboxylic acids is 1. The third kappa shape index (κ3) is 3.42. The second-order valence-corrected chi connectivity index (χ2v) is 6.49. The Morgan fingerprint density at radius 2 is 2.23 bits per heavy atom. The van der Waals surface area contributed by atoms with Crippen LogP contribution in [-0.2, 0) is 10.4 Å². The van der Waals surface area contributed by atoms with Crippen molar-refractivity contribution in [3.05, 3.63) is 29.8 Å². The molecule has 1 aromatic rings. The molecule has 22 heavy (non-hydrogen) atoms. The van der Waals surface area contributed by atoms with Crippen molar-refractivity contribution in [3.8, 4) is 5.75 Å². The molecule has 122 valence electrons. The minimum atomic E-state index is -0.954. The maximum atomic E-state index is 11.5. The number of hydrogen-bond acceptors (Lipinski definition) is 4. The van der Waals surface area contributed by atoms with Crippen LogP contribution in [0.1, 0.15) is 24.8 Å². The standard InChI is InChI=1S/C17H26N2O3/c1-19(2)11-14-9-12(16(18)20)7-8-17(14,21)13-5-4-6-15(10-13)22-3/h4-6,10,12,14,21H,7-9,11H2,1-3H3,(H2,18,20). The van der Waals surface area contributed by atoms with E-state index in [-0.39, 0.29) is 17.7 Å². The summed E-state index contributed by atoms with van der Waals surface area (Å²) in [7, 11) is 5.56. The monoisotopic (exact) mass is 306 g/mol. The lowest BCUT2D eigenvalue weighted by atomic mass is 9.67. The maximum Gasteiger partial charge on any atom is 0.220 e. The zero-order valence-electron chi connectivity index (χ0n) is 13.6. The summed E-state index contributed by atoms with van der Waals surface area (Å²) in [4.78, 5) is 13.6. The lowest BCUT2D eigenvalue weighted by molar-refractivity contribution is -0.129. The van der Waals surface area contributed by atoms with Crippen LogP contribution in [0.15, 0.2) is 24.3 Å². The predicted octanol–water partition coefficient (Wildman–Crippen LogP) is 1.35. The van der Waals surface area contributed by atoms with E-state index < -0.39 is 5.60 Å². The van der Waals surface area contributed by atoms with E-state index in [0.29, 0.717) is 25.8 Å². The smallest absolute Gasteiger partial charge is 0.220 e. The summed E-state index contributed by atoms with van der Waals surface area (Å²) in [6.07, 6.45) is 1.76. The molecule has 3 N–H and O–H groups in total. The molecule has 1 amide bonds. The van der Waals surface area contributed by atoms with Crippen LogP contribution in [0.2, 0.25) is 0 Å². The topological polar surface area (TPSA) is 75.8 Å². The van der Waals surface area contributed by atoms with Crippen LogP contribution in [0.25, 0.3) is 0 Å². The van der Waals surface area contributed by atoms with E-state index in [0.717, 1.165) is 11.3 Å². The molecular weight excluding hydrogens is 280 g/mol. The van der Waals surface area contributed by atoms with Crippen LogP contribution in [0.3, 0.4) is 0 Å². The van der Waals surface area contributed by atoms with Crippen LogP contribution >= 0.6 is 0 Å². The molecule has 0 heterocycles. The first kappa shape index (κ1) is 16.8. The van der Waals surface area contributed by atoms with E-state index in [1.807, 2.05) is 43.3 Å². The number of rotatable bonds is 5. The van der Waals surface area contributed by atoms with Crippen molar-refractivity contribution < 1.29 is 14.6 Å². The Bertz CT molecular complexity index is 532. The summed E-state index contributed by atoms with van der Waals surface area (Å²) in [6.45, 7) is 0.706. The zero-order chi connectivity index (χ0) is 16.3. The molecule has 5 nitrogen and oxygen atoms in total. The first-order valence-electron chi connectivity index (χ1n) is 7.67. The Hall–Kier alpha value is -1.59. The largest absolute Gasteiger partial charge is 0.497 e. The Morgan fingerprint density at radius 1 is 1.50 bits per heavy atom. The number of nitrogens with two attached hydrogens (primary N) is 1. The van der Waals surface area contributed by atoms with Crippen LogP contribution in [0.4, 0.5) is 0 Å². The molecule has 3 atom stereocenters. The van der Waals surface area contributed by atoms with Gasteiger partial charge < -0.3 is 20.5 Å². The number of amides is 1. The summed E-state index contributed by atoms with van der Waals surface area (Å²) < 4.78 is 5.27. The van der Waals surface area contributed by atoms with E-state index in [9.17, 15) is 9.90 Å². The fourth-order valence-electron chi connectivity index (χ4n) is 3.45. The molecular formula is C17H26N2O3. The lowest BCUT2D eigenvalue weighted by Crippen LogP contribution is -2.47. The van der Waals surface area contributed by atoms with Crippen LogP contribution in [0.5, 0.6) is 5.75 Å². The third-order valence-electron chi connectivity index (χ3n) is 4.68. The molecule has 0 bridgehead atoms. The van der Waals surface area contributed by atoms with E-state index in [4.69, 9.17) is 10.5 Å². The number of ether oxygens (including phenoxy) is 1. The molecule has 0 aliphatic heterocycles. The average Bonchev–Trinajstić information content (AvgIpc) is 2.49. The van der Waals surface area contributed by atoms with Gasteiger partial charge in [-0.15, -0.1) is 0 Å². The highest BCUT2D eigenvalue weighted by Crippen LogP contribution is 2.44. The van der Waals surface area contributed by atoms with Crippen molar-refractivity contribution in [2.75, 3.05) is 27.7 Å². The van der Waals surface area contributed by atoms with Crippen LogP contribution in [0, 0.1) is 11.8 Å². The van der Waals surface area contributed by atoms with Gasteiger partial charge in [0.05, 0.1) is 12.7 Å². The number of aliphatic hydroxyl groups is 1. The Balaban J connectivity index is 2.33. The normalized spacial score (nSPS) is 28.6. The van der Waals surface area contributed by atoms with E-state index in [2.05, 4.69) is 0 Å². The van der Waals surface area contributed by atoms with Gasteiger partial charge in [0, 0.05) is 18.4 Å². The summed E-state index contributed by atoms with van der Waals surface area (Å²) in [5, 5.41) is 11.3. The highest BCUT2D eigenvalue weighted by molar-refractivity contribution is 5.76. The summed E-state index contributed by atoms with van der Waals surface area (Å²) >= 11 is 0. The number of methoxy groups -OCH3 is 1. The van der Waals surface area contributed by atoms with Crippen molar-refractivity contribution >= 4 is 5.91 Å². The maximum absolute atomic E-state index is 11.5. The van der Waals surface area contributed by atoms with Crippen LogP contribution in [-0.4, -0.2) is 43.7 Å². The fraction of sp³-hybridized carbons (Fsp3) is 0.588. The van der Waals surface area contributed by atoms with Crippen molar-refractivity contribution in [3.63, 3.8) is 0 Å². The highest BCUT2D eigenvalue weighted by atomic mass is 16.5. The summed E-state index contributed by atoms with van der Waals surface area (Å²) in [5.41, 5.74) is 5.37. The molecule has 0 saturated heterocycles. The highest BCUT2D eigenvalue weighted by Gasteiger charge is 2.44. The average molecular weight is 306 g/mol. The lowest BCUT2D eigenvalue weighted by Gasteiger charge is -2.44. The number of benzene rings is 1. The second-order valence-electron chi connectivity index (χ2n) is 6.49. The van der Waals surface area contributed by atoms with Gasteiger partial charge in [-0.3, -0.25) is 4.79 Å². The molecule has 0 spiro atoms. The molecule has 1 fully saturated rings. The second kappa shape index (κ2) is 6.67. The third-order valence-corrected chi connectivity index (χ3v) is 4.68. The Kier molecular flexibility index (Phi) is 5.08. The molecule has 3 unspecified atom stereocenters. The molecule has 2 rings (SSSR count). The van der Waals surface area contributed by atoms with Crippen LogP contribution < -0.4 is 10.5 Å². The molecule has 1 saturated carbocycles. The minimum Gasteiger partial charge on any atom is -0.497 e. The van der Waals surface area contributed by atoms with Crippen molar-refractivity contribution in [1.82, 2.24) is 4.90 Å². The fourth-order valence-corrected chi connectivity index (χ4v) is 3.45. The summed E-state index contributed by atoms with van der Waals surface area (Å²) in [6, 6.07) is 7.56. The van der Waals surface area contributed by atoms with Gasteiger partial charge in [-0.2, -0.15) is 0 Å². The number of hydrogen-bond donors (Lipinski definition) is 2. The van der Waals surface area contributed by atoms with E-state index in [1.54, 1.807) is 7.11 Å². The van der Waals surface area contributed by atoms with Gasteiger partial charge in [-0.1, -0.05) is 12.1 Å². The first-order valence-corrected chi connectivity index (χ1v) is 7.67. The van der Waals surface area contributed by atoms with E-state index in [1.165, 1.54) is 0 Å².